The van der Waals surface area contributed by atoms with E-state index in [1.54, 1.807) is 0 Å². The second-order valence-electron chi connectivity index (χ2n) is 11.1. The van der Waals surface area contributed by atoms with Crippen molar-refractivity contribution in [1.29, 1.82) is 0 Å². The Labute approximate surface area is 243 Å². The summed E-state index contributed by atoms with van der Waals surface area (Å²) in [6.45, 7) is 6.70. The van der Waals surface area contributed by atoms with Crippen molar-refractivity contribution in [3.8, 4) is 16.9 Å². The highest BCUT2D eigenvalue weighted by atomic mass is 16.6. The summed E-state index contributed by atoms with van der Waals surface area (Å²) in [6, 6.07) is 26.1. The minimum absolute atomic E-state index is 0.124. The molecule has 3 aromatic rings. The van der Waals surface area contributed by atoms with Gasteiger partial charge in [-0.15, -0.1) is 0 Å². The molecule has 0 aromatic heterocycles. The fraction of sp³-hybridized carbons (Fsp3) is 0.486. The number of ether oxygens (including phenoxy) is 2. The average molecular weight is 543 g/mol. The highest BCUT2D eigenvalue weighted by Crippen LogP contribution is 2.25. The summed E-state index contributed by atoms with van der Waals surface area (Å²) < 4.78 is 11.9. The van der Waals surface area contributed by atoms with E-state index in [4.69, 9.17) is 9.47 Å². The van der Waals surface area contributed by atoms with Crippen LogP contribution in [0, 0.1) is 0 Å². The maximum Gasteiger partial charge on any atom is 0.306 e. The van der Waals surface area contributed by atoms with E-state index >= 15 is 0 Å². The molecule has 0 spiro atoms. The van der Waals surface area contributed by atoms with Gasteiger partial charge in [-0.3, -0.25) is 4.79 Å². The molecule has 3 rings (SSSR count). The molecular formula is C37H50O3. The summed E-state index contributed by atoms with van der Waals surface area (Å²) >= 11 is 0. The van der Waals surface area contributed by atoms with E-state index in [0.717, 1.165) is 44.3 Å². The minimum atomic E-state index is -0.269. The van der Waals surface area contributed by atoms with Gasteiger partial charge in [-0.2, -0.15) is 0 Å². The molecule has 0 radical (unpaired) electrons. The van der Waals surface area contributed by atoms with Crippen molar-refractivity contribution < 1.29 is 14.3 Å². The monoisotopic (exact) mass is 542 g/mol. The largest absolute Gasteiger partial charge is 0.489 e. The Bertz CT molecular complexity index is 1100. The Balaban J connectivity index is 1.60. The predicted octanol–water partition coefficient (Wildman–Crippen LogP) is 9.93. The molecule has 0 bridgehead atoms. The van der Waals surface area contributed by atoms with E-state index < -0.39 is 0 Å². The average Bonchev–Trinajstić information content (AvgIpc) is 2.98. The van der Waals surface area contributed by atoms with Crippen LogP contribution in [0.5, 0.6) is 5.75 Å². The van der Waals surface area contributed by atoms with Crippen LogP contribution in [0.2, 0.25) is 0 Å². The van der Waals surface area contributed by atoms with Crippen molar-refractivity contribution in [3.05, 3.63) is 89.5 Å². The van der Waals surface area contributed by atoms with Crippen LogP contribution in [0.1, 0.15) is 102 Å². The molecule has 0 fully saturated rings. The summed E-state index contributed by atoms with van der Waals surface area (Å²) in [7, 11) is 0. The van der Waals surface area contributed by atoms with Gasteiger partial charge in [-0.25, -0.2) is 0 Å². The van der Waals surface area contributed by atoms with Gasteiger partial charge in [0.25, 0.3) is 0 Å². The third-order valence-electron chi connectivity index (χ3n) is 7.49. The van der Waals surface area contributed by atoms with E-state index in [9.17, 15) is 4.79 Å². The van der Waals surface area contributed by atoms with Crippen LogP contribution in [0.15, 0.2) is 72.8 Å². The molecule has 1 atom stereocenters. The van der Waals surface area contributed by atoms with Gasteiger partial charge in [0.05, 0.1) is 0 Å². The lowest BCUT2D eigenvalue weighted by Crippen LogP contribution is -2.22. The van der Waals surface area contributed by atoms with Crippen LogP contribution in [0.25, 0.3) is 11.1 Å². The number of benzene rings is 3. The molecule has 0 aliphatic carbocycles. The first-order chi connectivity index (χ1) is 19.6. The molecule has 0 amide bonds. The fourth-order valence-electron chi connectivity index (χ4n) is 5.02. The Morgan fingerprint density at radius 2 is 1.32 bits per heavy atom. The van der Waals surface area contributed by atoms with E-state index in [1.165, 1.54) is 66.3 Å². The number of rotatable bonds is 19. The third kappa shape index (κ3) is 11.6. The van der Waals surface area contributed by atoms with Gasteiger partial charge in [0.15, 0.2) is 0 Å². The summed E-state index contributed by atoms with van der Waals surface area (Å²) in [5.41, 5.74) is 6.33. The minimum Gasteiger partial charge on any atom is -0.489 e. The number of esters is 1. The zero-order valence-electron chi connectivity index (χ0n) is 25.1. The lowest BCUT2D eigenvalue weighted by molar-refractivity contribution is -0.149. The third-order valence-corrected chi connectivity index (χ3v) is 7.49. The molecule has 1 unspecified atom stereocenters. The van der Waals surface area contributed by atoms with Crippen molar-refractivity contribution in [2.24, 2.45) is 0 Å². The predicted molar refractivity (Wildman–Crippen MR) is 168 cm³/mol. The zero-order chi connectivity index (χ0) is 28.4. The molecule has 0 aliphatic rings. The highest BCUT2D eigenvalue weighted by Gasteiger charge is 2.13. The Hall–Kier alpha value is -3.07. The molecule has 3 aromatic carbocycles. The van der Waals surface area contributed by atoms with E-state index in [2.05, 4.69) is 86.6 Å². The summed E-state index contributed by atoms with van der Waals surface area (Å²) in [5.74, 6) is 0.804. The van der Waals surface area contributed by atoms with Crippen LogP contribution in [0.4, 0.5) is 0 Å². The van der Waals surface area contributed by atoms with Crippen LogP contribution >= 0.6 is 0 Å². The van der Waals surface area contributed by atoms with Crippen molar-refractivity contribution in [2.75, 3.05) is 6.61 Å². The topological polar surface area (TPSA) is 35.5 Å². The van der Waals surface area contributed by atoms with Crippen molar-refractivity contribution >= 4 is 5.97 Å². The standard InChI is InChI=1S/C37H50O3/c1-4-6-8-9-10-13-16-32-23-27-35(36(28-32)39-29-30(3)40-37(38)19-12-7-5-2)26-22-31-20-24-34(25-21-31)33-17-14-11-15-18-33/h11,14-15,17-18,20-21,23-25,27-28,30H,4-10,12-13,16,19,22,26,29H2,1-3H3. The van der Waals surface area contributed by atoms with E-state index in [0.29, 0.717) is 13.0 Å². The quantitative estimate of drug-likeness (QED) is 0.112. The van der Waals surface area contributed by atoms with Gasteiger partial charge in [0, 0.05) is 6.42 Å². The first kappa shape index (κ1) is 31.5. The van der Waals surface area contributed by atoms with Crippen molar-refractivity contribution in [1.82, 2.24) is 0 Å². The van der Waals surface area contributed by atoms with Gasteiger partial charge in [-0.05, 0) is 72.9 Å². The molecular weight excluding hydrogens is 492 g/mol. The number of unbranched alkanes of at least 4 members (excludes halogenated alkanes) is 7. The van der Waals surface area contributed by atoms with Gasteiger partial charge in [0.2, 0.25) is 0 Å². The zero-order valence-corrected chi connectivity index (χ0v) is 25.1. The van der Waals surface area contributed by atoms with Crippen LogP contribution in [0.3, 0.4) is 0 Å². The molecule has 0 heterocycles. The van der Waals surface area contributed by atoms with Crippen LogP contribution in [-0.4, -0.2) is 18.7 Å². The second-order valence-corrected chi connectivity index (χ2v) is 11.1. The summed E-state index contributed by atoms with van der Waals surface area (Å²) in [4.78, 5) is 12.2. The Kier molecular flexibility index (Phi) is 14.4. The highest BCUT2D eigenvalue weighted by molar-refractivity contribution is 5.69. The van der Waals surface area contributed by atoms with Crippen molar-refractivity contribution in [2.45, 2.75) is 110 Å². The molecule has 0 aliphatic heterocycles. The number of carbonyl (C=O) groups is 1. The number of hydrogen-bond donors (Lipinski definition) is 0. The van der Waals surface area contributed by atoms with E-state index in [-0.39, 0.29) is 12.1 Å². The summed E-state index contributed by atoms with van der Waals surface area (Å²) in [5, 5.41) is 0. The molecule has 0 N–H and O–H groups in total. The Morgan fingerprint density at radius 1 is 0.675 bits per heavy atom. The second kappa shape index (κ2) is 18.3. The van der Waals surface area contributed by atoms with Gasteiger partial charge in [0.1, 0.15) is 18.5 Å². The van der Waals surface area contributed by atoms with Gasteiger partial charge >= 0.3 is 5.97 Å². The summed E-state index contributed by atoms with van der Waals surface area (Å²) in [6.07, 6.45) is 14.0. The molecule has 3 nitrogen and oxygen atoms in total. The lowest BCUT2D eigenvalue weighted by atomic mass is 9.98. The first-order valence-corrected chi connectivity index (χ1v) is 15.7. The molecule has 0 saturated carbocycles. The van der Waals surface area contributed by atoms with Crippen LogP contribution in [-0.2, 0) is 28.8 Å². The van der Waals surface area contributed by atoms with Gasteiger partial charge in [-0.1, -0.05) is 126 Å². The maximum absolute atomic E-state index is 12.2. The number of carbonyl (C=O) groups excluding carboxylic acids is 1. The molecule has 0 saturated heterocycles. The Morgan fingerprint density at radius 3 is 2.08 bits per heavy atom. The lowest BCUT2D eigenvalue weighted by Gasteiger charge is -2.18. The van der Waals surface area contributed by atoms with E-state index in [1.807, 2.05) is 6.92 Å². The first-order valence-electron chi connectivity index (χ1n) is 15.7. The SMILES string of the molecule is CCCCCCCCc1ccc(CCc2ccc(-c3ccccc3)cc2)c(OCC(C)OC(=O)CCCCC)c1. The number of hydrogen-bond acceptors (Lipinski definition) is 3. The van der Waals surface area contributed by atoms with Gasteiger partial charge < -0.3 is 9.47 Å². The molecule has 3 heteroatoms. The number of aryl methyl sites for hydroxylation is 3. The molecule has 40 heavy (non-hydrogen) atoms. The molecule has 216 valence electrons. The maximum atomic E-state index is 12.2. The fourth-order valence-corrected chi connectivity index (χ4v) is 5.02. The van der Waals surface area contributed by atoms with Crippen molar-refractivity contribution in [3.63, 3.8) is 0 Å². The normalized spacial score (nSPS) is 11.8. The smallest absolute Gasteiger partial charge is 0.306 e. The van der Waals surface area contributed by atoms with Crippen LogP contribution < -0.4 is 4.74 Å².